The molecule has 1 aliphatic carbocycles. The van der Waals surface area contributed by atoms with E-state index in [9.17, 15) is 5.11 Å². The van der Waals surface area contributed by atoms with Crippen molar-refractivity contribution in [3.8, 4) is 0 Å². The number of hydrogen-bond acceptors (Lipinski definition) is 4. The molecular formula is C20H21NO2S. The number of nitrogens with zero attached hydrogens (tertiary/aromatic N) is 1. The molecule has 4 heteroatoms. The first-order valence-electron chi connectivity index (χ1n) is 8.05. The number of ether oxygens (including phenoxy) is 1. The molecule has 24 heavy (non-hydrogen) atoms. The molecule has 1 aromatic heterocycles. The van der Waals surface area contributed by atoms with Gasteiger partial charge < -0.3 is 9.84 Å². The van der Waals surface area contributed by atoms with Crippen LogP contribution in [-0.2, 0) is 17.1 Å². The fourth-order valence-corrected chi connectivity index (χ4v) is 3.39. The van der Waals surface area contributed by atoms with E-state index in [0.717, 1.165) is 29.1 Å². The molecule has 0 amide bonds. The predicted octanol–water partition coefficient (Wildman–Crippen LogP) is 5.40. The molecular weight excluding hydrogens is 318 g/mol. The lowest BCUT2D eigenvalue weighted by Gasteiger charge is -2.17. The molecule has 2 aromatic rings. The van der Waals surface area contributed by atoms with Crippen LogP contribution in [0.1, 0.15) is 30.9 Å². The Labute approximate surface area is 147 Å². The molecule has 0 radical (unpaired) electrons. The summed E-state index contributed by atoms with van der Waals surface area (Å²) in [6.45, 7) is 2.42. The number of allylic oxidation sites excluding steroid dienone is 3. The van der Waals surface area contributed by atoms with Crippen LogP contribution in [0, 0.1) is 0 Å². The van der Waals surface area contributed by atoms with E-state index < -0.39 is 0 Å². The van der Waals surface area contributed by atoms with Crippen molar-refractivity contribution in [2.45, 2.75) is 37.0 Å². The van der Waals surface area contributed by atoms with E-state index in [1.54, 1.807) is 11.8 Å². The summed E-state index contributed by atoms with van der Waals surface area (Å²) in [7, 11) is 0. The van der Waals surface area contributed by atoms with Gasteiger partial charge in [-0.05, 0) is 42.7 Å². The Bertz CT molecular complexity index is 753. The maximum atomic E-state index is 9.82. The summed E-state index contributed by atoms with van der Waals surface area (Å²) in [6, 6.07) is 12.5. The molecule has 0 unspecified atom stereocenters. The molecule has 0 aliphatic heterocycles. The van der Waals surface area contributed by atoms with E-state index in [1.165, 1.54) is 10.5 Å². The minimum Gasteiger partial charge on any atom is -0.512 e. The average Bonchev–Trinajstić information content (AvgIpc) is 2.62. The van der Waals surface area contributed by atoms with Crippen molar-refractivity contribution in [1.82, 2.24) is 4.98 Å². The number of benzene rings is 1. The van der Waals surface area contributed by atoms with E-state index >= 15 is 0 Å². The molecule has 0 bridgehead atoms. The number of aliphatic hydroxyl groups excluding tert-OH is 1. The second kappa shape index (κ2) is 8.06. The standard InChI is InChI=1S/C20H21NO2S/c1-15-19(22)6-3-7-20(15)23-13-16-4-2-5-17(12-16)14-24-18-8-10-21-11-9-18/h2,4-5,7-12,22H,3,6,13-14H2,1H3. The van der Waals surface area contributed by atoms with Gasteiger partial charge in [-0.2, -0.15) is 0 Å². The third-order valence-corrected chi connectivity index (χ3v) is 5.04. The van der Waals surface area contributed by atoms with E-state index in [4.69, 9.17) is 4.74 Å². The van der Waals surface area contributed by atoms with Crippen molar-refractivity contribution in [2.75, 3.05) is 0 Å². The summed E-state index contributed by atoms with van der Waals surface area (Å²) >= 11 is 1.80. The first kappa shape index (κ1) is 16.7. The highest BCUT2D eigenvalue weighted by atomic mass is 32.2. The molecule has 0 atom stereocenters. The molecule has 1 aromatic carbocycles. The van der Waals surface area contributed by atoms with Gasteiger partial charge in [0.1, 0.15) is 12.4 Å². The molecule has 1 aliphatic rings. The summed E-state index contributed by atoms with van der Waals surface area (Å²) in [6.07, 6.45) is 7.23. The van der Waals surface area contributed by atoms with Crippen molar-refractivity contribution >= 4 is 11.8 Å². The van der Waals surface area contributed by atoms with Crippen LogP contribution in [0.2, 0.25) is 0 Å². The van der Waals surface area contributed by atoms with Crippen LogP contribution in [0.5, 0.6) is 0 Å². The monoisotopic (exact) mass is 339 g/mol. The number of hydrogen-bond donors (Lipinski definition) is 1. The lowest BCUT2D eigenvalue weighted by Crippen LogP contribution is -2.03. The van der Waals surface area contributed by atoms with Gasteiger partial charge in [-0.3, -0.25) is 4.98 Å². The van der Waals surface area contributed by atoms with Gasteiger partial charge in [-0.15, -0.1) is 11.8 Å². The third-order valence-electron chi connectivity index (χ3n) is 3.95. The van der Waals surface area contributed by atoms with Gasteiger partial charge in [-0.1, -0.05) is 24.3 Å². The predicted molar refractivity (Wildman–Crippen MR) is 97.7 cm³/mol. The Morgan fingerprint density at radius 1 is 1.17 bits per heavy atom. The lowest BCUT2D eigenvalue weighted by atomic mass is 10.0. The molecule has 0 spiro atoms. The Balaban J connectivity index is 1.58. The Hall–Kier alpha value is -2.20. The molecule has 0 saturated heterocycles. The second-order valence-electron chi connectivity index (χ2n) is 5.76. The maximum Gasteiger partial charge on any atom is 0.122 e. The van der Waals surface area contributed by atoms with E-state index in [1.807, 2.05) is 31.5 Å². The van der Waals surface area contributed by atoms with Crippen molar-refractivity contribution in [3.05, 3.63) is 83.1 Å². The number of pyridine rings is 1. The van der Waals surface area contributed by atoms with Gasteiger partial charge in [0.15, 0.2) is 0 Å². The van der Waals surface area contributed by atoms with Crippen LogP contribution in [0.25, 0.3) is 0 Å². The Kier molecular flexibility index (Phi) is 5.59. The third kappa shape index (κ3) is 4.42. The number of thioether (sulfide) groups is 1. The van der Waals surface area contributed by atoms with Crippen LogP contribution in [0.3, 0.4) is 0 Å². The average molecular weight is 339 g/mol. The molecule has 3 rings (SSSR count). The normalized spacial score (nSPS) is 14.5. The fourth-order valence-electron chi connectivity index (χ4n) is 2.56. The van der Waals surface area contributed by atoms with E-state index in [0.29, 0.717) is 18.8 Å². The first-order valence-corrected chi connectivity index (χ1v) is 9.03. The highest BCUT2D eigenvalue weighted by Gasteiger charge is 2.12. The van der Waals surface area contributed by atoms with Gasteiger partial charge in [-0.25, -0.2) is 0 Å². The fraction of sp³-hybridized carbons (Fsp3) is 0.250. The van der Waals surface area contributed by atoms with Gasteiger partial charge >= 0.3 is 0 Å². The highest BCUT2D eigenvalue weighted by molar-refractivity contribution is 7.98. The zero-order valence-corrected chi connectivity index (χ0v) is 14.6. The topological polar surface area (TPSA) is 42.4 Å². The number of aromatic nitrogens is 1. The summed E-state index contributed by atoms with van der Waals surface area (Å²) in [5.41, 5.74) is 3.26. The second-order valence-corrected chi connectivity index (χ2v) is 6.81. The SMILES string of the molecule is CC1=C(O)CCC=C1OCc1cccc(CSc2ccncc2)c1. The minimum atomic E-state index is 0.440. The maximum absolute atomic E-state index is 9.82. The lowest BCUT2D eigenvalue weighted by molar-refractivity contribution is 0.199. The van der Waals surface area contributed by atoms with Gasteiger partial charge in [0.2, 0.25) is 0 Å². The molecule has 3 nitrogen and oxygen atoms in total. The van der Waals surface area contributed by atoms with Crippen molar-refractivity contribution in [1.29, 1.82) is 0 Å². The summed E-state index contributed by atoms with van der Waals surface area (Å²) in [4.78, 5) is 5.26. The quantitative estimate of drug-likeness (QED) is 0.716. The molecule has 0 fully saturated rings. The smallest absolute Gasteiger partial charge is 0.122 e. The van der Waals surface area contributed by atoms with E-state index in [2.05, 4.69) is 35.3 Å². The molecule has 1 N–H and O–H groups in total. The number of aliphatic hydroxyl groups is 1. The van der Waals surface area contributed by atoms with Crippen molar-refractivity contribution in [2.24, 2.45) is 0 Å². The van der Waals surface area contributed by atoms with E-state index in [-0.39, 0.29) is 0 Å². The molecule has 1 heterocycles. The Morgan fingerprint density at radius 2 is 1.96 bits per heavy atom. The van der Waals surface area contributed by atoms with Crippen LogP contribution >= 0.6 is 11.8 Å². The molecule has 0 saturated carbocycles. The summed E-state index contributed by atoms with van der Waals surface area (Å²) in [5, 5.41) is 9.82. The summed E-state index contributed by atoms with van der Waals surface area (Å²) in [5.74, 6) is 2.16. The van der Waals surface area contributed by atoms with Gasteiger partial charge in [0.25, 0.3) is 0 Å². The van der Waals surface area contributed by atoms with Crippen molar-refractivity contribution in [3.63, 3.8) is 0 Å². The molecule has 124 valence electrons. The van der Waals surface area contributed by atoms with Crippen LogP contribution < -0.4 is 0 Å². The van der Waals surface area contributed by atoms with Gasteiger partial charge in [0.05, 0.1) is 5.76 Å². The number of rotatable bonds is 6. The Morgan fingerprint density at radius 3 is 2.79 bits per heavy atom. The van der Waals surface area contributed by atoms with Crippen LogP contribution in [-0.4, -0.2) is 10.1 Å². The first-order chi connectivity index (χ1) is 11.7. The highest BCUT2D eigenvalue weighted by Crippen LogP contribution is 2.26. The zero-order chi connectivity index (χ0) is 16.8. The minimum absolute atomic E-state index is 0.440. The van der Waals surface area contributed by atoms with Gasteiger partial charge in [0, 0.05) is 35.0 Å². The van der Waals surface area contributed by atoms with Crippen LogP contribution in [0.4, 0.5) is 0 Å². The zero-order valence-electron chi connectivity index (χ0n) is 13.7. The van der Waals surface area contributed by atoms with Crippen LogP contribution in [0.15, 0.2) is 76.9 Å². The largest absolute Gasteiger partial charge is 0.512 e. The summed E-state index contributed by atoms with van der Waals surface area (Å²) < 4.78 is 5.90. The van der Waals surface area contributed by atoms with Crippen molar-refractivity contribution < 1.29 is 9.84 Å².